The number of fused-ring (bicyclic) bond motifs is 5. The van der Waals surface area contributed by atoms with Crippen molar-refractivity contribution in [1.82, 2.24) is 10.3 Å². The molecule has 5 rings (SSSR count). The fourth-order valence-corrected chi connectivity index (χ4v) is 5.75. The van der Waals surface area contributed by atoms with Crippen LogP contribution in [0, 0.1) is 11.8 Å². The topological polar surface area (TPSA) is 208 Å². The third kappa shape index (κ3) is 2.97. The molecule has 0 saturated carbocycles. The van der Waals surface area contributed by atoms with Crippen LogP contribution in [0.1, 0.15) is 22.3 Å². The van der Waals surface area contributed by atoms with Crippen molar-refractivity contribution in [3.63, 3.8) is 0 Å². The zero-order chi connectivity index (χ0) is 25.2. The Kier molecular flexibility index (Phi) is 5.20. The molecule has 0 spiro atoms. The largest absolute Gasteiger partial charge is 0.510 e. The Balaban J connectivity index is 1.73. The maximum Gasteiger partial charge on any atom is 0.255 e. The highest BCUT2D eigenvalue weighted by Gasteiger charge is 2.62. The maximum atomic E-state index is 13.7. The number of rotatable bonds is 5. The number of carbonyl (C=O) groups is 3. The highest BCUT2D eigenvalue weighted by Crippen LogP contribution is 2.52. The number of anilines is 1. The van der Waals surface area contributed by atoms with E-state index in [-0.39, 0.29) is 42.7 Å². The second-order valence-corrected chi connectivity index (χ2v) is 8.94. The lowest BCUT2D eigenvalue weighted by Crippen LogP contribution is -2.64. The number of hydrogen-bond donors (Lipinski definition) is 7. The standard InChI is InChI=1S/C23H24N4O8/c1-25-11-6-12-19(35-7-27-12)14-9(11)4-8-5-10-16(26-2-3-28)18(30)15(22(24)33)21(32)23(10,34)20(31)13(8)17(14)29/h6-8,10,16,25-26,28,30-31,34H,2-5H2,1H3,(H2,24,33)/t8-,10-,16+,23-/m0/s1. The summed E-state index contributed by atoms with van der Waals surface area (Å²) in [5, 5.41) is 48.7. The van der Waals surface area contributed by atoms with Crippen LogP contribution in [0.15, 0.2) is 39.5 Å². The van der Waals surface area contributed by atoms with E-state index in [0.717, 1.165) is 0 Å². The molecule has 12 nitrogen and oxygen atoms in total. The SMILES string of the molecule is CNc1cc2ncoc2c2c1C[C@H]1C[C@H]3[C@@H](NCCO)C(O)=C(C(N)=O)C(=O)[C@@]3(O)C(O)=C1C2=O. The normalized spacial score (nSPS) is 28.1. The van der Waals surface area contributed by atoms with Gasteiger partial charge in [-0.3, -0.25) is 14.4 Å². The van der Waals surface area contributed by atoms with E-state index in [1.807, 2.05) is 0 Å². The summed E-state index contributed by atoms with van der Waals surface area (Å²) in [6.45, 7) is -0.380. The molecule has 2 aromatic rings. The minimum absolute atomic E-state index is 0.00358. The number of Topliss-reactive ketones (excluding diaryl/α,β-unsaturated/α-hetero) is 2. The van der Waals surface area contributed by atoms with Crippen molar-refractivity contribution in [2.45, 2.75) is 24.5 Å². The summed E-state index contributed by atoms with van der Waals surface area (Å²) in [5.41, 5.74) is 3.65. The lowest BCUT2D eigenvalue weighted by Gasteiger charge is -2.48. The van der Waals surface area contributed by atoms with E-state index in [1.165, 1.54) is 6.39 Å². The molecule has 0 bridgehead atoms. The summed E-state index contributed by atoms with van der Waals surface area (Å²) < 4.78 is 5.45. The van der Waals surface area contributed by atoms with Crippen molar-refractivity contribution >= 4 is 34.3 Å². The number of carbonyl (C=O) groups excluding carboxylic acids is 3. The number of allylic oxidation sites excluding steroid dienone is 1. The first kappa shape index (κ1) is 23.0. The molecule has 1 amide bonds. The first-order valence-corrected chi connectivity index (χ1v) is 11.1. The molecule has 0 radical (unpaired) electrons. The molecule has 184 valence electrons. The third-order valence-electron chi connectivity index (χ3n) is 7.27. The second-order valence-electron chi connectivity index (χ2n) is 8.94. The van der Waals surface area contributed by atoms with Crippen LogP contribution in [-0.2, 0) is 16.0 Å². The van der Waals surface area contributed by atoms with Gasteiger partial charge in [-0.15, -0.1) is 0 Å². The van der Waals surface area contributed by atoms with Gasteiger partial charge in [-0.25, -0.2) is 4.98 Å². The number of benzene rings is 1. The number of primary amides is 1. The van der Waals surface area contributed by atoms with Gasteiger partial charge in [-0.05, 0) is 30.4 Å². The van der Waals surface area contributed by atoms with E-state index < -0.39 is 58.0 Å². The lowest BCUT2D eigenvalue weighted by atomic mass is 9.58. The Hall–Kier alpha value is -3.74. The van der Waals surface area contributed by atoms with Crippen LogP contribution in [0.4, 0.5) is 5.69 Å². The van der Waals surface area contributed by atoms with Crippen molar-refractivity contribution in [2.75, 3.05) is 25.5 Å². The zero-order valence-corrected chi connectivity index (χ0v) is 18.7. The molecule has 0 saturated heterocycles. The molecule has 0 unspecified atom stereocenters. The summed E-state index contributed by atoms with van der Waals surface area (Å²) >= 11 is 0. The predicted molar refractivity (Wildman–Crippen MR) is 121 cm³/mol. The van der Waals surface area contributed by atoms with Gasteiger partial charge in [0, 0.05) is 30.8 Å². The first-order valence-electron chi connectivity index (χ1n) is 11.1. The van der Waals surface area contributed by atoms with Crippen LogP contribution in [0.2, 0.25) is 0 Å². The third-order valence-corrected chi connectivity index (χ3v) is 7.27. The quantitative estimate of drug-likeness (QED) is 0.272. The van der Waals surface area contributed by atoms with Crippen molar-refractivity contribution < 1.29 is 39.2 Å². The second kappa shape index (κ2) is 7.90. The van der Waals surface area contributed by atoms with Gasteiger partial charge >= 0.3 is 0 Å². The van der Waals surface area contributed by atoms with Gasteiger partial charge in [0.15, 0.2) is 23.4 Å². The lowest BCUT2D eigenvalue weighted by molar-refractivity contribution is -0.146. The number of oxazole rings is 1. The highest BCUT2D eigenvalue weighted by atomic mass is 16.4. The van der Waals surface area contributed by atoms with Crippen LogP contribution in [0.25, 0.3) is 11.1 Å². The van der Waals surface area contributed by atoms with Crippen LogP contribution < -0.4 is 16.4 Å². The Morgan fingerprint density at radius 2 is 2.09 bits per heavy atom. The molecule has 3 aliphatic carbocycles. The highest BCUT2D eigenvalue weighted by molar-refractivity contribution is 6.25. The van der Waals surface area contributed by atoms with E-state index in [0.29, 0.717) is 16.8 Å². The van der Waals surface area contributed by atoms with Gasteiger partial charge in [0.25, 0.3) is 5.91 Å². The first-order chi connectivity index (χ1) is 16.7. The Labute approximate surface area is 198 Å². The van der Waals surface area contributed by atoms with Crippen molar-refractivity contribution in [1.29, 1.82) is 0 Å². The molecule has 1 aromatic heterocycles. The molecule has 1 aromatic carbocycles. The molecule has 3 aliphatic rings. The summed E-state index contributed by atoms with van der Waals surface area (Å²) in [6, 6.07) is 0.551. The number of aliphatic hydroxyl groups excluding tert-OH is 3. The zero-order valence-electron chi connectivity index (χ0n) is 18.7. The number of aromatic nitrogens is 1. The number of nitrogens with one attached hydrogen (secondary N) is 2. The van der Waals surface area contributed by atoms with Crippen LogP contribution >= 0.6 is 0 Å². The van der Waals surface area contributed by atoms with Gasteiger partial charge in [0.1, 0.15) is 22.6 Å². The van der Waals surface area contributed by atoms with Crippen molar-refractivity contribution in [3.05, 3.63) is 46.3 Å². The minimum Gasteiger partial charge on any atom is -0.510 e. The maximum absolute atomic E-state index is 13.7. The Bertz CT molecular complexity index is 1360. The molecule has 12 heteroatoms. The Morgan fingerprint density at radius 3 is 2.74 bits per heavy atom. The minimum atomic E-state index is -2.69. The summed E-state index contributed by atoms with van der Waals surface area (Å²) in [7, 11) is 1.69. The van der Waals surface area contributed by atoms with Crippen LogP contribution in [0.3, 0.4) is 0 Å². The smallest absolute Gasteiger partial charge is 0.255 e. The van der Waals surface area contributed by atoms with E-state index in [2.05, 4.69) is 15.6 Å². The van der Waals surface area contributed by atoms with Gasteiger partial charge in [-0.2, -0.15) is 0 Å². The van der Waals surface area contributed by atoms with E-state index in [1.54, 1.807) is 13.1 Å². The van der Waals surface area contributed by atoms with Gasteiger partial charge in [0.2, 0.25) is 5.78 Å². The van der Waals surface area contributed by atoms with E-state index >= 15 is 0 Å². The molecular formula is C23H24N4O8. The molecular weight excluding hydrogens is 460 g/mol. The number of ketones is 2. The molecule has 8 N–H and O–H groups in total. The number of hydrogen-bond acceptors (Lipinski definition) is 11. The van der Waals surface area contributed by atoms with Crippen molar-refractivity contribution in [2.24, 2.45) is 17.6 Å². The number of aliphatic hydroxyl groups is 4. The average molecular weight is 484 g/mol. The molecule has 1 heterocycles. The van der Waals surface area contributed by atoms with Crippen LogP contribution in [0.5, 0.6) is 0 Å². The molecule has 0 fully saturated rings. The summed E-state index contributed by atoms with van der Waals surface area (Å²) in [5.74, 6) is -6.55. The number of nitrogens with two attached hydrogens (primary N) is 1. The fourth-order valence-electron chi connectivity index (χ4n) is 5.75. The molecule has 0 aliphatic heterocycles. The molecule has 4 atom stereocenters. The summed E-state index contributed by atoms with van der Waals surface area (Å²) in [6.07, 6.45) is 1.45. The number of amides is 1. The fraction of sp³-hybridized carbons (Fsp3) is 0.391. The van der Waals surface area contributed by atoms with E-state index in [9.17, 15) is 34.8 Å². The monoisotopic (exact) mass is 484 g/mol. The van der Waals surface area contributed by atoms with E-state index in [4.69, 9.17) is 10.2 Å². The average Bonchev–Trinajstić information content (AvgIpc) is 3.28. The summed E-state index contributed by atoms with van der Waals surface area (Å²) in [4.78, 5) is 43.1. The number of nitrogens with zero attached hydrogens (tertiary/aromatic N) is 1. The Morgan fingerprint density at radius 1 is 1.34 bits per heavy atom. The van der Waals surface area contributed by atoms with Crippen molar-refractivity contribution in [3.8, 4) is 0 Å². The van der Waals surface area contributed by atoms with Gasteiger partial charge in [0.05, 0.1) is 18.2 Å². The molecule has 35 heavy (non-hydrogen) atoms. The predicted octanol–water partition coefficient (Wildman–Crippen LogP) is -0.382. The van der Waals surface area contributed by atoms with Gasteiger partial charge in [-0.1, -0.05) is 0 Å². The van der Waals surface area contributed by atoms with Gasteiger partial charge < -0.3 is 41.2 Å². The van der Waals surface area contributed by atoms with Crippen LogP contribution in [-0.4, -0.2) is 74.7 Å².